The van der Waals surface area contributed by atoms with E-state index in [4.69, 9.17) is 11.6 Å². The molecular formula is C14H19ClN4O. The normalized spacial score (nSPS) is 16.6. The number of halogens is 1. The van der Waals surface area contributed by atoms with Crippen LogP contribution in [0.15, 0.2) is 29.3 Å². The Hall–Kier alpha value is -1.75. The van der Waals surface area contributed by atoms with Crippen LogP contribution in [0.25, 0.3) is 0 Å². The lowest BCUT2D eigenvalue weighted by atomic mass is 10.2. The van der Waals surface area contributed by atoms with Gasteiger partial charge in [-0.15, -0.1) is 0 Å². The Morgan fingerprint density at radius 3 is 2.60 bits per heavy atom. The first-order valence-electron chi connectivity index (χ1n) is 6.55. The Balaban J connectivity index is 1.96. The first-order valence-corrected chi connectivity index (χ1v) is 6.93. The third kappa shape index (κ3) is 3.42. The summed E-state index contributed by atoms with van der Waals surface area (Å²) in [5.74, 6) is 0.868. The van der Waals surface area contributed by atoms with Crippen molar-refractivity contribution in [3.8, 4) is 0 Å². The zero-order chi connectivity index (χ0) is 14.5. The van der Waals surface area contributed by atoms with Gasteiger partial charge in [0.1, 0.15) is 0 Å². The lowest BCUT2D eigenvalue weighted by Crippen LogP contribution is -2.54. The fourth-order valence-corrected chi connectivity index (χ4v) is 2.40. The average molecular weight is 295 g/mol. The van der Waals surface area contributed by atoms with Crippen LogP contribution in [0, 0.1) is 0 Å². The van der Waals surface area contributed by atoms with E-state index in [2.05, 4.69) is 10.3 Å². The molecule has 1 N–H and O–H groups in total. The first-order chi connectivity index (χ1) is 9.63. The second-order valence-electron chi connectivity index (χ2n) is 4.66. The van der Waals surface area contributed by atoms with E-state index in [-0.39, 0.29) is 5.91 Å². The summed E-state index contributed by atoms with van der Waals surface area (Å²) in [7, 11) is 3.53. The molecule has 1 heterocycles. The Kier molecular flexibility index (Phi) is 4.84. The molecule has 108 valence electrons. The molecule has 2 rings (SSSR count). The number of rotatable bonds is 2. The average Bonchev–Trinajstić information content (AvgIpc) is 2.45. The van der Waals surface area contributed by atoms with E-state index in [9.17, 15) is 4.79 Å². The fourth-order valence-electron chi connectivity index (χ4n) is 2.28. The van der Waals surface area contributed by atoms with Crippen LogP contribution in [-0.2, 0) is 11.3 Å². The van der Waals surface area contributed by atoms with Crippen LogP contribution in [0.2, 0.25) is 5.02 Å². The van der Waals surface area contributed by atoms with Gasteiger partial charge in [-0.2, -0.15) is 0 Å². The molecule has 0 saturated carbocycles. The number of aliphatic imine (C=N–C) groups is 1. The number of carbonyl (C=O) groups excluding carboxylic acids is 1. The summed E-state index contributed by atoms with van der Waals surface area (Å²) < 4.78 is 0. The molecule has 1 aliphatic rings. The van der Waals surface area contributed by atoms with Crippen LogP contribution in [0.5, 0.6) is 0 Å². The molecule has 1 aromatic rings. The molecule has 0 spiro atoms. The minimum Gasteiger partial charge on any atom is -0.359 e. The number of piperazine rings is 1. The van der Waals surface area contributed by atoms with E-state index in [1.807, 2.05) is 41.1 Å². The number of hydrogen-bond acceptors (Lipinski definition) is 2. The number of benzene rings is 1. The molecule has 5 nitrogen and oxygen atoms in total. The molecule has 0 radical (unpaired) electrons. The highest BCUT2D eigenvalue weighted by Crippen LogP contribution is 2.13. The number of amides is 1. The van der Waals surface area contributed by atoms with E-state index >= 15 is 0 Å². The van der Waals surface area contributed by atoms with Gasteiger partial charge in [-0.25, -0.2) is 0 Å². The summed E-state index contributed by atoms with van der Waals surface area (Å²) in [6.45, 7) is 2.47. The maximum absolute atomic E-state index is 12.2. The summed E-state index contributed by atoms with van der Waals surface area (Å²) in [5.41, 5.74) is 1.09. The number of guanidine groups is 1. The lowest BCUT2D eigenvalue weighted by Gasteiger charge is -2.35. The summed E-state index contributed by atoms with van der Waals surface area (Å²) in [6.07, 6.45) is 0. The zero-order valence-corrected chi connectivity index (χ0v) is 12.5. The van der Waals surface area contributed by atoms with Gasteiger partial charge in [-0.1, -0.05) is 23.7 Å². The summed E-state index contributed by atoms with van der Waals surface area (Å²) in [4.78, 5) is 20.1. The molecule has 0 aromatic heterocycles. The van der Waals surface area contributed by atoms with E-state index < -0.39 is 0 Å². The van der Waals surface area contributed by atoms with Gasteiger partial charge in [0.05, 0.1) is 6.54 Å². The minimum atomic E-state index is 0.114. The number of nitrogens with one attached hydrogen (secondary N) is 1. The van der Waals surface area contributed by atoms with Gasteiger partial charge in [0.15, 0.2) is 5.96 Å². The standard InChI is InChI=1S/C14H19ClN4O/c1-16-14(17-2)19-8-7-18(13(20)10-19)9-11-3-5-12(15)6-4-11/h3-6H,7-10H2,1-2H3,(H,16,17). The first kappa shape index (κ1) is 14.7. The van der Waals surface area contributed by atoms with Gasteiger partial charge in [0, 0.05) is 38.8 Å². The number of nitrogens with zero attached hydrogens (tertiary/aromatic N) is 3. The molecule has 6 heteroatoms. The van der Waals surface area contributed by atoms with Crippen molar-refractivity contribution in [1.82, 2.24) is 15.1 Å². The van der Waals surface area contributed by atoms with Crippen LogP contribution >= 0.6 is 11.6 Å². The molecule has 0 bridgehead atoms. The summed E-state index contributed by atoms with van der Waals surface area (Å²) in [5, 5.41) is 3.71. The molecule has 20 heavy (non-hydrogen) atoms. The quantitative estimate of drug-likeness (QED) is 0.658. The van der Waals surface area contributed by atoms with Crippen molar-refractivity contribution < 1.29 is 4.79 Å². The van der Waals surface area contributed by atoms with Crippen molar-refractivity contribution in [2.24, 2.45) is 4.99 Å². The van der Waals surface area contributed by atoms with Crippen LogP contribution in [0.1, 0.15) is 5.56 Å². The van der Waals surface area contributed by atoms with Crippen LogP contribution < -0.4 is 5.32 Å². The third-order valence-corrected chi connectivity index (χ3v) is 3.59. The molecule has 1 saturated heterocycles. The Labute approximate surface area is 124 Å². The highest BCUT2D eigenvalue weighted by Gasteiger charge is 2.25. The van der Waals surface area contributed by atoms with E-state index in [0.717, 1.165) is 18.1 Å². The predicted octanol–water partition coefficient (Wildman–Crippen LogP) is 1.19. The molecular weight excluding hydrogens is 276 g/mol. The number of carbonyl (C=O) groups is 1. The number of hydrogen-bond donors (Lipinski definition) is 1. The molecule has 0 aliphatic carbocycles. The molecule has 0 atom stereocenters. The highest BCUT2D eigenvalue weighted by atomic mass is 35.5. The minimum absolute atomic E-state index is 0.114. The van der Waals surface area contributed by atoms with Crippen molar-refractivity contribution in [2.75, 3.05) is 33.7 Å². The second kappa shape index (κ2) is 6.61. The largest absolute Gasteiger partial charge is 0.359 e. The topological polar surface area (TPSA) is 47.9 Å². The van der Waals surface area contributed by atoms with E-state index in [1.165, 1.54) is 0 Å². The van der Waals surface area contributed by atoms with Crippen molar-refractivity contribution in [2.45, 2.75) is 6.54 Å². The summed E-state index contributed by atoms with van der Waals surface area (Å²) >= 11 is 5.86. The molecule has 1 amide bonds. The van der Waals surface area contributed by atoms with Crippen molar-refractivity contribution >= 4 is 23.5 Å². The van der Waals surface area contributed by atoms with Gasteiger partial charge in [0.25, 0.3) is 0 Å². The van der Waals surface area contributed by atoms with Crippen molar-refractivity contribution in [1.29, 1.82) is 0 Å². The Bertz CT molecular complexity index is 500. The SMILES string of the molecule is CN=C(NC)N1CCN(Cc2ccc(Cl)cc2)C(=O)C1. The second-order valence-corrected chi connectivity index (χ2v) is 5.10. The molecule has 1 fully saturated rings. The maximum atomic E-state index is 12.2. The van der Waals surface area contributed by atoms with E-state index in [1.54, 1.807) is 7.05 Å². The zero-order valence-electron chi connectivity index (χ0n) is 11.8. The van der Waals surface area contributed by atoms with Crippen molar-refractivity contribution in [3.63, 3.8) is 0 Å². The maximum Gasteiger partial charge on any atom is 0.242 e. The van der Waals surface area contributed by atoms with Crippen LogP contribution in [-0.4, -0.2) is 55.4 Å². The van der Waals surface area contributed by atoms with Crippen molar-refractivity contribution in [3.05, 3.63) is 34.9 Å². The molecule has 1 aromatic carbocycles. The van der Waals surface area contributed by atoms with Gasteiger partial charge in [0.2, 0.25) is 5.91 Å². The smallest absolute Gasteiger partial charge is 0.242 e. The molecule has 0 unspecified atom stereocenters. The predicted molar refractivity (Wildman–Crippen MR) is 80.9 cm³/mol. The summed E-state index contributed by atoms with van der Waals surface area (Å²) in [6, 6.07) is 7.60. The van der Waals surface area contributed by atoms with Gasteiger partial charge in [-0.05, 0) is 17.7 Å². The van der Waals surface area contributed by atoms with Gasteiger partial charge >= 0.3 is 0 Å². The Morgan fingerprint density at radius 2 is 2.05 bits per heavy atom. The Morgan fingerprint density at radius 1 is 1.35 bits per heavy atom. The monoisotopic (exact) mass is 294 g/mol. The van der Waals surface area contributed by atoms with Gasteiger partial charge < -0.3 is 15.1 Å². The highest BCUT2D eigenvalue weighted by molar-refractivity contribution is 6.30. The van der Waals surface area contributed by atoms with Crippen LogP contribution in [0.4, 0.5) is 0 Å². The van der Waals surface area contributed by atoms with Gasteiger partial charge in [-0.3, -0.25) is 9.79 Å². The molecule has 1 aliphatic heterocycles. The lowest BCUT2D eigenvalue weighted by molar-refractivity contribution is -0.135. The fraction of sp³-hybridized carbons (Fsp3) is 0.429. The third-order valence-electron chi connectivity index (χ3n) is 3.34. The van der Waals surface area contributed by atoms with Crippen LogP contribution in [0.3, 0.4) is 0 Å². The van der Waals surface area contributed by atoms with E-state index in [0.29, 0.717) is 24.7 Å².